The van der Waals surface area contributed by atoms with Crippen LogP contribution in [0.25, 0.3) is 0 Å². The zero-order valence-corrected chi connectivity index (χ0v) is 17.3. The third kappa shape index (κ3) is 7.08. The van der Waals surface area contributed by atoms with Crippen LogP contribution in [0, 0.1) is 11.6 Å². The van der Waals surface area contributed by atoms with E-state index in [4.69, 9.17) is 0 Å². The smallest absolute Gasteiger partial charge is 0.254 e. The topological polar surface area (TPSA) is 73.0 Å². The highest BCUT2D eigenvalue weighted by Gasteiger charge is 2.25. The fourth-order valence-electron chi connectivity index (χ4n) is 3.09. The lowest BCUT2D eigenvalue weighted by molar-refractivity contribution is -0.133. The van der Waals surface area contributed by atoms with E-state index >= 15 is 0 Å². The number of carbonyl (C=O) groups excluding carboxylic acids is 3. The van der Waals surface area contributed by atoms with E-state index in [0.717, 1.165) is 17.0 Å². The van der Waals surface area contributed by atoms with Gasteiger partial charge in [-0.3, -0.25) is 19.3 Å². The molecular formula is C20H28F2N4O3. The maximum atomic E-state index is 13.3. The van der Waals surface area contributed by atoms with Crippen LogP contribution in [-0.4, -0.2) is 84.3 Å². The van der Waals surface area contributed by atoms with Gasteiger partial charge in [-0.25, -0.2) is 8.78 Å². The Morgan fingerprint density at radius 1 is 1.03 bits per heavy atom. The normalized spacial score (nSPS) is 15.2. The summed E-state index contributed by atoms with van der Waals surface area (Å²) in [4.78, 5) is 41.5. The van der Waals surface area contributed by atoms with Gasteiger partial charge in [0.15, 0.2) is 0 Å². The highest BCUT2D eigenvalue weighted by Crippen LogP contribution is 2.11. The molecule has 160 valence electrons. The van der Waals surface area contributed by atoms with Crippen LogP contribution in [0.2, 0.25) is 0 Å². The maximum absolute atomic E-state index is 13.3. The fraction of sp³-hybridized carbons (Fsp3) is 0.550. The first-order valence-electron chi connectivity index (χ1n) is 9.47. The van der Waals surface area contributed by atoms with Gasteiger partial charge in [-0.15, -0.1) is 0 Å². The van der Waals surface area contributed by atoms with Crippen molar-refractivity contribution in [2.75, 3.05) is 46.3 Å². The number of amides is 3. The predicted molar refractivity (Wildman–Crippen MR) is 104 cm³/mol. The van der Waals surface area contributed by atoms with E-state index in [9.17, 15) is 23.2 Å². The van der Waals surface area contributed by atoms with Gasteiger partial charge in [-0.1, -0.05) is 0 Å². The van der Waals surface area contributed by atoms with Crippen molar-refractivity contribution in [2.45, 2.75) is 26.3 Å². The van der Waals surface area contributed by atoms with Gasteiger partial charge < -0.3 is 15.1 Å². The highest BCUT2D eigenvalue weighted by molar-refractivity contribution is 5.96. The molecule has 1 aliphatic rings. The largest absolute Gasteiger partial charge is 0.350 e. The Hall–Kier alpha value is -2.55. The first-order valence-corrected chi connectivity index (χ1v) is 9.47. The zero-order chi connectivity index (χ0) is 21.8. The third-order valence-corrected chi connectivity index (χ3v) is 4.44. The molecule has 0 saturated carbocycles. The number of benzene rings is 1. The van der Waals surface area contributed by atoms with Crippen LogP contribution >= 0.6 is 0 Å². The molecule has 0 aliphatic carbocycles. The molecular weight excluding hydrogens is 382 g/mol. The summed E-state index contributed by atoms with van der Waals surface area (Å²) in [5, 5.41) is 2.90. The van der Waals surface area contributed by atoms with Crippen LogP contribution in [-0.2, 0) is 9.59 Å². The summed E-state index contributed by atoms with van der Waals surface area (Å²) in [6.45, 7) is 7.81. The van der Waals surface area contributed by atoms with Crippen molar-refractivity contribution in [3.8, 4) is 0 Å². The first kappa shape index (κ1) is 22.7. The molecule has 1 fully saturated rings. The second-order valence-corrected chi connectivity index (χ2v) is 8.27. The molecule has 0 radical (unpaired) electrons. The molecule has 1 aromatic carbocycles. The summed E-state index contributed by atoms with van der Waals surface area (Å²) in [6, 6.07) is 2.56. The van der Waals surface area contributed by atoms with Gasteiger partial charge in [0.2, 0.25) is 11.8 Å². The molecule has 1 aliphatic heterocycles. The average molecular weight is 410 g/mol. The maximum Gasteiger partial charge on any atom is 0.254 e. The first-order chi connectivity index (χ1) is 13.4. The summed E-state index contributed by atoms with van der Waals surface area (Å²) < 4.78 is 26.6. The molecule has 9 heteroatoms. The highest BCUT2D eigenvalue weighted by atomic mass is 19.1. The van der Waals surface area contributed by atoms with Gasteiger partial charge in [0.05, 0.1) is 13.1 Å². The summed E-state index contributed by atoms with van der Waals surface area (Å²) in [5.74, 6) is -2.64. The van der Waals surface area contributed by atoms with Gasteiger partial charge in [-0.05, 0) is 32.9 Å². The van der Waals surface area contributed by atoms with Gasteiger partial charge in [0, 0.05) is 50.4 Å². The lowest BCUT2D eigenvalue weighted by Crippen LogP contribution is -2.54. The van der Waals surface area contributed by atoms with E-state index in [1.807, 2.05) is 25.7 Å². The number of carbonyl (C=O) groups is 3. The van der Waals surface area contributed by atoms with E-state index in [1.54, 1.807) is 4.90 Å². The van der Waals surface area contributed by atoms with Crippen molar-refractivity contribution < 1.29 is 23.2 Å². The van der Waals surface area contributed by atoms with Gasteiger partial charge in [0.1, 0.15) is 11.6 Å². The summed E-state index contributed by atoms with van der Waals surface area (Å²) in [6.07, 6.45) is 0. The molecule has 1 saturated heterocycles. The van der Waals surface area contributed by atoms with E-state index in [1.165, 1.54) is 7.05 Å². The molecule has 0 aromatic heterocycles. The summed E-state index contributed by atoms with van der Waals surface area (Å²) >= 11 is 0. The minimum Gasteiger partial charge on any atom is -0.350 e. The lowest BCUT2D eigenvalue weighted by atomic mass is 10.1. The molecule has 1 N–H and O–H groups in total. The van der Waals surface area contributed by atoms with Crippen LogP contribution in [0.3, 0.4) is 0 Å². The second-order valence-electron chi connectivity index (χ2n) is 8.27. The quantitative estimate of drug-likeness (QED) is 0.789. The Kier molecular flexibility index (Phi) is 7.29. The van der Waals surface area contributed by atoms with E-state index in [2.05, 4.69) is 5.32 Å². The number of nitrogens with zero attached hydrogens (tertiary/aromatic N) is 3. The van der Waals surface area contributed by atoms with Crippen LogP contribution in [0.4, 0.5) is 8.78 Å². The number of piperazine rings is 1. The molecule has 2 rings (SSSR count). The fourth-order valence-corrected chi connectivity index (χ4v) is 3.09. The molecule has 1 aromatic rings. The van der Waals surface area contributed by atoms with Crippen molar-refractivity contribution in [3.63, 3.8) is 0 Å². The number of nitrogens with one attached hydrogen (secondary N) is 1. The number of likely N-dealkylation sites (N-methyl/N-ethyl adjacent to an activating group) is 1. The van der Waals surface area contributed by atoms with Crippen molar-refractivity contribution in [1.82, 2.24) is 20.0 Å². The summed E-state index contributed by atoms with van der Waals surface area (Å²) in [5.41, 5.74) is -0.441. The molecule has 0 unspecified atom stereocenters. The second kappa shape index (κ2) is 9.30. The van der Waals surface area contributed by atoms with Crippen LogP contribution < -0.4 is 5.32 Å². The Morgan fingerprint density at radius 2 is 1.59 bits per heavy atom. The number of hydrogen-bond donors (Lipinski definition) is 1. The van der Waals surface area contributed by atoms with Crippen molar-refractivity contribution in [1.29, 1.82) is 0 Å². The zero-order valence-electron chi connectivity index (χ0n) is 17.3. The molecule has 0 spiro atoms. The SMILES string of the molecule is CN(CC(=O)N1CCN(CC(=O)NC(C)(C)C)CC1)C(=O)c1cc(F)cc(F)c1. The van der Waals surface area contributed by atoms with Crippen LogP contribution in [0.5, 0.6) is 0 Å². The van der Waals surface area contributed by atoms with Crippen LogP contribution in [0.15, 0.2) is 18.2 Å². The standard InChI is InChI=1S/C20H28F2N4O3/c1-20(2,3)23-17(27)12-25-5-7-26(8-6-25)18(28)13-24(4)19(29)14-9-15(21)11-16(22)10-14/h9-11H,5-8,12-13H2,1-4H3,(H,23,27). The van der Waals surface area contributed by atoms with Crippen molar-refractivity contribution in [2.24, 2.45) is 0 Å². The lowest BCUT2D eigenvalue weighted by Gasteiger charge is -2.35. The van der Waals surface area contributed by atoms with E-state index < -0.39 is 17.5 Å². The van der Waals surface area contributed by atoms with Crippen molar-refractivity contribution >= 4 is 17.7 Å². The molecule has 29 heavy (non-hydrogen) atoms. The van der Waals surface area contributed by atoms with E-state index in [0.29, 0.717) is 32.2 Å². The Balaban J connectivity index is 1.83. The number of rotatable bonds is 5. The van der Waals surface area contributed by atoms with Gasteiger partial charge >= 0.3 is 0 Å². The molecule has 0 bridgehead atoms. The van der Waals surface area contributed by atoms with E-state index in [-0.39, 0.29) is 36.0 Å². The predicted octanol–water partition coefficient (Wildman–Crippen LogP) is 1.10. The Morgan fingerprint density at radius 3 is 2.10 bits per heavy atom. The van der Waals surface area contributed by atoms with Gasteiger partial charge in [-0.2, -0.15) is 0 Å². The van der Waals surface area contributed by atoms with Crippen molar-refractivity contribution in [3.05, 3.63) is 35.4 Å². The monoisotopic (exact) mass is 410 g/mol. The molecule has 7 nitrogen and oxygen atoms in total. The van der Waals surface area contributed by atoms with Gasteiger partial charge in [0.25, 0.3) is 5.91 Å². The molecule has 1 heterocycles. The minimum absolute atomic E-state index is 0.0649. The Bertz CT molecular complexity index is 751. The number of hydrogen-bond acceptors (Lipinski definition) is 4. The summed E-state index contributed by atoms with van der Waals surface area (Å²) in [7, 11) is 1.41. The minimum atomic E-state index is -0.848. The average Bonchev–Trinajstić information content (AvgIpc) is 2.59. The molecule has 3 amide bonds. The van der Waals surface area contributed by atoms with Crippen LogP contribution in [0.1, 0.15) is 31.1 Å². The Labute approximate surface area is 169 Å². The third-order valence-electron chi connectivity index (χ3n) is 4.44. The molecule has 0 atom stereocenters. The number of halogens is 2.